The monoisotopic (exact) mass is 431 g/mol. The highest BCUT2D eigenvalue weighted by Crippen LogP contribution is 2.22. The Morgan fingerprint density at radius 1 is 1.24 bits per heavy atom. The van der Waals surface area contributed by atoms with E-state index in [0.717, 1.165) is 5.56 Å². The van der Waals surface area contributed by atoms with Crippen LogP contribution in [0.5, 0.6) is 5.88 Å². The van der Waals surface area contributed by atoms with E-state index in [4.69, 9.17) is 4.74 Å². The van der Waals surface area contributed by atoms with Gasteiger partial charge in [-0.1, -0.05) is 30.3 Å². The molecule has 11 heteroatoms. The highest BCUT2D eigenvalue weighted by Gasteiger charge is 2.46. The molecule has 7 nitrogen and oxygen atoms in total. The van der Waals surface area contributed by atoms with Gasteiger partial charge in [0.25, 0.3) is 5.91 Å². The minimum Gasteiger partial charge on any atom is -0.476 e. The number of aromatic nitrogens is 1. The lowest BCUT2D eigenvalue weighted by atomic mass is 10.1. The summed E-state index contributed by atoms with van der Waals surface area (Å²) in [4.78, 5) is 16.4. The summed E-state index contributed by atoms with van der Waals surface area (Å²) >= 11 is 0. The Kier molecular flexibility index (Phi) is 7.20. The zero-order valence-corrected chi connectivity index (χ0v) is 16.5. The van der Waals surface area contributed by atoms with Gasteiger partial charge in [0.1, 0.15) is 6.61 Å². The predicted octanol–water partition coefficient (Wildman–Crippen LogP) is 2.53. The number of carbonyl (C=O) groups is 1. The Morgan fingerprint density at radius 2 is 1.90 bits per heavy atom. The fraction of sp³-hybridized carbons (Fsp3) is 0.333. The van der Waals surface area contributed by atoms with Gasteiger partial charge in [0.05, 0.1) is 6.04 Å². The number of amides is 1. The average molecular weight is 431 g/mol. The number of halogens is 3. The van der Waals surface area contributed by atoms with Crippen molar-refractivity contribution in [1.29, 1.82) is 0 Å². The Bertz CT molecular complexity index is 951. The van der Waals surface area contributed by atoms with Crippen LogP contribution < -0.4 is 14.8 Å². The van der Waals surface area contributed by atoms with Crippen molar-refractivity contribution in [1.82, 2.24) is 15.0 Å². The number of pyridine rings is 1. The van der Waals surface area contributed by atoms with Crippen molar-refractivity contribution in [2.45, 2.75) is 31.9 Å². The van der Waals surface area contributed by atoms with Crippen LogP contribution in [0.25, 0.3) is 0 Å². The number of ether oxygens (including phenoxy) is 1. The molecule has 1 amide bonds. The van der Waals surface area contributed by atoms with Crippen LogP contribution in [0.3, 0.4) is 0 Å². The Labute approximate surface area is 166 Å². The van der Waals surface area contributed by atoms with Gasteiger partial charge in [-0.05, 0) is 25.0 Å². The maximum atomic E-state index is 12.4. The molecule has 0 aliphatic heterocycles. The second kappa shape index (κ2) is 9.23. The number of alkyl halides is 3. The maximum Gasteiger partial charge on any atom is 0.511 e. The summed E-state index contributed by atoms with van der Waals surface area (Å²) in [5.41, 5.74) is -3.63. The minimum atomic E-state index is -5.48. The predicted molar refractivity (Wildman–Crippen MR) is 99.7 cm³/mol. The van der Waals surface area contributed by atoms with Crippen LogP contribution in [-0.2, 0) is 16.6 Å². The third-order valence-electron chi connectivity index (χ3n) is 3.76. The first kappa shape index (κ1) is 22.6. The Hall–Kier alpha value is -2.66. The summed E-state index contributed by atoms with van der Waals surface area (Å²) in [7, 11) is -5.48. The van der Waals surface area contributed by atoms with Gasteiger partial charge in [0.2, 0.25) is 5.88 Å². The highest BCUT2D eigenvalue weighted by atomic mass is 32.2. The van der Waals surface area contributed by atoms with E-state index in [9.17, 15) is 26.4 Å². The number of sulfonamides is 1. The fourth-order valence-corrected chi connectivity index (χ4v) is 3.01. The molecular formula is C18H20F3N3O4S. The van der Waals surface area contributed by atoms with Crippen LogP contribution in [0.4, 0.5) is 13.2 Å². The van der Waals surface area contributed by atoms with E-state index in [1.54, 1.807) is 6.92 Å². The number of benzene rings is 1. The second-order valence-corrected chi connectivity index (χ2v) is 7.99. The molecule has 2 aromatic rings. The molecule has 0 saturated carbocycles. The lowest BCUT2D eigenvalue weighted by Crippen LogP contribution is -2.43. The molecule has 1 aromatic heterocycles. The van der Waals surface area contributed by atoms with Gasteiger partial charge in [0.15, 0.2) is 0 Å². The summed E-state index contributed by atoms with van der Waals surface area (Å²) in [5, 5.41) is 2.76. The van der Waals surface area contributed by atoms with E-state index in [2.05, 4.69) is 10.3 Å². The van der Waals surface area contributed by atoms with Crippen molar-refractivity contribution in [3.8, 4) is 5.88 Å². The molecular weight excluding hydrogens is 411 g/mol. The largest absolute Gasteiger partial charge is 0.511 e. The third-order valence-corrected chi connectivity index (χ3v) is 5.08. The van der Waals surface area contributed by atoms with Crippen LogP contribution in [0, 0.1) is 6.92 Å². The lowest BCUT2D eigenvalue weighted by Gasteiger charge is -2.16. The molecule has 0 saturated heterocycles. The molecule has 0 aliphatic carbocycles. The summed E-state index contributed by atoms with van der Waals surface area (Å²) in [6, 6.07) is 9.45. The summed E-state index contributed by atoms with van der Waals surface area (Å²) in [6.45, 7) is 2.80. The van der Waals surface area contributed by atoms with Crippen LogP contribution in [0.15, 0.2) is 42.6 Å². The molecule has 0 aliphatic rings. The lowest BCUT2D eigenvalue weighted by molar-refractivity contribution is -0.0451. The first-order chi connectivity index (χ1) is 13.5. The van der Waals surface area contributed by atoms with Gasteiger partial charge in [-0.2, -0.15) is 13.2 Å². The topological polar surface area (TPSA) is 97.4 Å². The van der Waals surface area contributed by atoms with Gasteiger partial charge in [-0.25, -0.2) is 18.1 Å². The zero-order valence-electron chi connectivity index (χ0n) is 15.7. The SMILES string of the molecule is Cc1cnc(OC[C@H](C)NS(=O)(=O)C(F)(F)F)cc1C(=O)NCc1ccccc1. The molecule has 1 atom stereocenters. The Balaban J connectivity index is 1.98. The number of nitrogens with zero attached hydrogens (tertiary/aromatic N) is 1. The highest BCUT2D eigenvalue weighted by molar-refractivity contribution is 7.90. The Morgan fingerprint density at radius 3 is 2.52 bits per heavy atom. The van der Waals surface area contributed by atoms with Crippen LogP contribution >= 0.6 is 0 Å². The first-order valence-corrected chi connectivity index (χ1v) is 9.98. The zero-order chi connectivity index (χ0) is 21.7. The van der Waals surface area contributed by atoms with Crippen LogP contribution in [0.1, 0.15) is 28.4 Å². The molecule has 0 spiro atoms. The van der Waals surface area contributed by atoms with E-state index < -0.39 is 28.2 Å². The molecule has 0 bridgehead atoms. The van der Waals surface area contributed by atoms with Crippen molar-refractivity contribution in [3.63, 3.8) is 0 Å². The molecule has 0 radical (unpaired) electrons. The van der Waals surface area contributed by atoms with Crippen molar-refractivity contribution in [3.05, 3.63) is 59.3 Å². The molecule has 2 rings (SSSR count). The fourth-order valence-electron chi connectivity index (χ4n) is 2.28. The van der Waals surface area contributed by atoms with Crippen molar-refractivity contribution in [2.24, 2.45) is 0 Å². The van der Waals surface area contributed by atoms with E-state index in [0.29, 0.717) is 12.1 Å². The van der Waals surface area contributed by atoms with Gasteiger partial charge in [-0.3, -0.25) is 4.79 Å². The van der Waals surface area contributed by atoms with Gasteiger partial charge in [-0.15, -0.1) is 0 Å². The summed E-state index contributed by atoms with van der Waals surface area (Å²) in [6.07, 6.45) is 1.39. The standard InChI is InChI=1S/C18H20F3N3O4S/c1-12-9-22-16(28-11-13(2)24-29(26,27)18(19,20)21)8-15(12)17(25)23-10-14-6-4-3-5-7-14/h3-9,13,24H,10-11H2,1-2H3,(H,23,25)/t13-/m0/s1. The van der Waals surface area contributed by atoms with Crippen LogP contribution in [-0.4, -0.2) is 37.5 Å². The van der Waals surface area contributed by atoms with Gasteiger partial charge >= 0.3 is 15.5 Å². The maximum absolute atomic E-state index is 12.4. The molecule has 158 valence electrons. The number of carbonyl (C=O) groups excluding carboxylic acids is 1. The van der Waals surface area contributed by atoms with E-state index in [1.165, 1.54) is 23.9 Å². The molecule has 0 fully saturated rings. The minimum absolute atomic E-state index is 0.0153. The number of nitrogens with one attached hydrogen (secondary N) is 2. The van der Waals surface area contributed by atoms with E-state index >= 15 is 0 Å². The number of rotatable bonds is 8. The second-order valence-electron chi connectivity index (χ2n) is 6.28. The van der Waals surface area contributed by atoms with Gasteiger partial charge < -0.3 is 10.1 Å². The number of hydrogen-bond acceptors (Lipinski definition) is 5. The van der Waals surface area contributed by atoms with Gasteiger partial charge in [0, 0.05) is 24.4 Å². The normalized spacial score (nSPS) is 13.0. The first-order valence-electron chi connectivity index (χ1n) is 8.50. The third kappa shape index (κ3) is 6.43. The van der Waals surface area contributed by atoms with Crippen molar-refractivity contribution >= 4 is 15.9 Å². The molecule has 0 unspecified atom stereocenters. The number of hydrogen-bond donors (Lipinski definition) is 2. The summed E-state index contributed by atoms with van der Waals surface area (Å²) < 4.78 is 66.1. The van der Waals surface area contributed by atoms with E-state index in [-0.39, 0.29) is 17.4 Å². The van der Waals surface area contributed by atoms with Crippen molar-refractivity contribution in [2.75, 3.05) is 6.61 Å². The smallest absolute Gasteiger partial charge is 0.476 e. The van der Waals surface area contributed by atoms with Crippen molar-refractivity contribution < 1.29 is 31.1 Å². The molecule has 1 heterocycles. The molecule has 2 N–H and O–H groups in total. The number of aryl methyl sites for hydroxylation is 1. The molecule has 1 aromatic carbocycles. The van der Waals surface area contributed by atoms with Crippen LogP contribution in [0.2, 0.25) is 0 Å². The quantitative estimate of drug-likeness (QED) is 0.670. The summed E-state index contributed by atoms with van der Waals surface area (Å²) in [5.74, 6) is -0.386. The average Bonchev–Trinajstić information content (AvgIpc) is 2.65. The van der Waals surface area contributed by atoms with E-state index in [1.807, 2.05) is 30.3 Å². The molecule has 29 heavy (non-hydrogen) atoms.